The normalized spacial score (nSPS) is 15.0. The van der Waals surface area contributed by atoms with Crippen molar-refractivity contribution in [2.45, 2.75) is 193 Å². The quantitative estimate of drug-likeness (QED) is 0.0273. The molecule has 64 heavy (non-hydrogen) atoms. The standard InChI is InChI=1S/C55H95N2O6P/c1-6-8-10-12-14-16-18-20-22-24-26-27-28-29-31-33-35-37-39-41-43-45-47-49-55(59)56-53(52-63-64(60,61)62-51-50-57(3,4)5)54(58)48-46-44-42-40-38-36-34-32-30-25-23-21-19-17-15-13-11-9-7-2/h8,10,14,16,20,22,26-27,29,31,35,37-38,40-41,43,46,48,53-54,58H,6-7,9,11-13,15,17-19,21,23-25,28,30,32-34,36,39,42,44-45,47,49-52H2,1-5H3,(H-,56,59,60,61)/b10-8-,16-14-,22-20-,27-26-,31-29-,37-35-,40-38+,43-41-,48-46+. The molecule has 0 saturated carbocycles. The van der Waals surface area contributed by atoms with E-state index in [-0.39, 0.29) is 18.9 Å². The molecule has 0 rings (SSSR count). The molecule has 0 aromatic carbocycles. The summed E-state index contributed by atoms with van der Waals surface area (Å²) >= 11 is 0. The SMILES string of the molecule is CC/C=C\C/C=C\C/C=C\C/C=C\C/C=C\C/C=C\C/C=C\CCCC(=O)NC(COP(=O)([O-])OCC[N+](C)(C)C)C(O)/C=C/CC/C=C/CCCCCCCCCCCCCCC. The first kappa shape index (κ1) is 61.2. The van der Waals surface area contributed by atoms with Crippen LogP contribution in [0.3, 0.4) is 0 Å². The summed E-state index contributed by atoms with van der Waals surface area (Å²) in [4.78, 5) is 25.4. The molecule has 8 nitrogen and oxygen atoms in total. The van der Waals surface area contributed by atoms with E-state index in [1.54, 1.807) is 6.08 Å². The second-order valence-electron chi connectivity index (χ2n) is 17.8. The molecule has 3 atom stereocenters. The van der Waals surface area contributed by atoms with Gasteiger partial charge in [-0.15, -0.1) is 0 Å². The minimum absolute atomic E-state index is 0.0236. The highest BCUT2D eigenvalue weighted by Gasteiger charge is 2.23. The van der Waals surface area contributed by atoms with E-state index in [0.717, 1.165) is 70.6 Å². The van der Waals surface area contributed by atoms with Crippen LogP contribution in [0.4, 0.5) is 0 Å². The molecule has 0 spiro atoms. The van der Waals surface area contributed by atoms with Gasteiger partial charge in [-0.3, -0.25) is 9.36 Å². The maximum absolute atomic E-state index is 12.9. The number of quaternary nitrogens is 1. The van der Waals surface area contributed by atoms with Gasteiger partial charge in [0.05, 0.1) is 39.9 Å². The number of nitrogens with zero attached hydrogens (tertiary/aromatic N) is 1. The number of rotatable bonds is 44. The molecule has 1 amide bonds. The molecule has 0 heterocycles. The van der Waals surface area contributed by atoms with Gasteiger partial charge in [0, 0.05) is 6.42 Å². The van der Waals surface area contributed by atoms with Crippen LogP contribution >= 0.6 is 7.82 Å². The number of carbonyl (C=O) groups excluding carboxylic acids is 1. The third-order valence-electron chi connectivity index (χ3n) is 10.5. The highest BCUT2D eigenvalue weighted by atomic mass is 31.2. The first-order valence-corrected chi connectivity index (χ1v) is 26.7. The zero-order valence-electron chi connectivity index (χ0n) is 41.4. The van der Waals surface area contributed by atoms with Crippen LogP contribution < -0.4 is 10.2 Å². The fourth-order valence-electron chi connectivity index (χ4n) is 6.51. The van der Waals surface area contributed by atoms with Gasteiger partial charge < -0.3 is 28.8 Å². The molecule has 0 aromatic heterocycles. The highest BCUT2D eigenvalue weighted by molar-refractivity contribution is 7.45. The predicted octanol–water partition coefficient (Wildman–Crippen LogP) is 14.2. The Hall–Kier alpha value is -2.84. The topological polar surface area (TPSA) is 108 Å². The number of amides is 1. The van der Waals surface area contributed by atoms with Gasteiger partial charge in [0.15, 0.2) is 0 Å². The monoisotopic (exact) mass is 911 g/mol. The van der Waals surface area contributed by atoms with Gasteiger partial charge in [-0.2, -0.15) is 0 Å². The Kier molecular flexibility index (Phi) is 43.3. The molecule has 2 N–H and O–H groups in total. The van der Waals surface area contributed by atoms with Crippen LogP contribution in [0.5, 0.6) is 0 Å². The van der Waals surface area contributed by atoms with Crippen molar-refractivity contribution in [1.29, 1.82) is 0 Å². The molecule has 3 unspecified atom stereocenters. The molecule has 0 saturated heterocycles. The number of nitrogens with one attached hydrogen (secondary N) is 1. The van der Waals surface area contributed by atoms with E-state index in [2.05, 4.69) is 116 Å². The van der Waals surface area contributed by atoms with Crippen molar-refractivity contribution in [1.82, 2.24) is 5.32 Å². The predicted molar refractivity (Wildman–Crippen MR) is 274 cm³/mol. The van der Waals surface area contributed by atoms with Crippen LogP contribution in [0.15, 0.2) is 109 Å². The number of aliphatic hydroxyl groups excluding tert-OH is 1. The van der Waals surface area contributed by atoms with Crippen LogP contribution in [0.25, 0.3) is 0 Å². The summed E-state index contributed by atoms with van der Waals surface area (Å²) in [6.45, 7) is 4.45. The summed E-state index contributed by atoms with van der Waals surface area (Å²) in [7, 11) is 1.19. The van der Waals surface area contributed by atoms with Crippen molar-refractivity contribution in [3.8, 4) is 0 Å². The van der Waals surface area contributed by atoms with Crippen molar-refractivity contribution in [2.24, 2.45) is 0 Å². The van der Waals surface area contributed by atoms with E-state index in [4.69, 9.17) is 9.05 Å². The van der Waals surface area contributed by atoms with Gasteiger partial charge in [-0.1, -0.05) is 200 Å². The van der Waals surface area contributed by atoms with Gasteiger partial charge in [-0.25, -0.2) is 0 Å². The Balaban J connectivity index is 4.52. The zero-order chi connectivity index (χ0) is 47.1. The average Bonchev–Trinajstić information content (AvgIpc) is 3.25. The van der Waals surface area contributed by atoms with Crippen LogP contribution in [0, 0.1) is 0 Å². The highest BCUT2D eigenvalue weighted by Crippen LogP contribution is 2.38. The molecule has 0 fully saturated rings. The Labute approximate surface area is 393 Å². The average molecular weight is 911 g/mol. The maximum atomic E-state index is 12.9. The summed E-state index contributed by atoms with van der Waals surface area (Å²) < 4.78 is 23.2. The molecular weight excluding hydrogens is 816 g/mol. The van der Waals surface area contributed by atoms with Crippen molar-refractivity contribution in [3.63, 3.8) is 0 Å². The molecule has 0 aliphatic heterocycles. The number of allylic oxidation sites excluding steroid dienone is 17. The van der Waals surface area contributed by atoms with Gasteiger partial charge in [-0.05, 0) is 83.5 Å². The number of phosphoric ester groups is 1. The summed E-state index contributed by atoms with van der Waals surface area (Å²) in [5.41, 5.74) is 0. The third-order valence-corrected chi connectivity index (χ3v) is 11.4. The van der Waals surface area contributed by atoms with Crippen molar-refractivity contribution >= 4 is 13.7 Å². The lowest BCUT2D eigenvalue weighted by molar-refractivity contribution is -0.870. The van der Waals surface area contributed by atoms with E-state index in [0.29, 0.717) is 17.4 Å². The largest absolute Gasteiger partial charge is 0.756 e. The Morgan fingerprint density at radius 2 is 0.969 bits per heavy atom. The van der Waals surface area contributed by atoms with Crippen molar-refractivity contribution in [2.75, 3.05) is 40.9 Å². The Morgan fingerprint density at radius 3 is 1.45 bits per heavy atom. The second-order valence-corrected chi connectivity index (χ2v) is 19.2. The van der Waals surface area contributed by atoms with Crippen LogP contribution in [0.1, 0.15) is 181 Å². The Morgan fingerprint density at radius 1 is 0.562 bits per heavy atom. The number of aliphatic hydroxyl groups is 1. The smallest absolute Gasteiger partial charge is 0.268 e. The second kappa shape index (κ2) is 45.3. The summed E-state index contributed by atoms with van der Waals surface area (Å²) in [6, 6.07) is -0.942. The van der Waals surface area contributed by atoms with Crippen molar-refractivity contribution < 1.29 is 32.9 Å². The summed E-state index contributed by atoms with van der Waals surface area (Å²) in [6.07, 6.45) is 65.8. The van der Waals surface area contributed by atoms with E-state index in [1.165, 1.54) is 83.5 Å². The Bertz CT molecular complexity index is 1400. The minimum atomic E-state index is -4.62. The number of likely N-dealkylation sites (N-methyl/N-ethyl adjacent to an activating group) is 1. The molecular formula is C55H95N2O6P. The number of unbranched alkanes of at least 4 members (excludes halogenated alkanes) is 15. The summed E-state index contributed by atoms with van der Waals surface area (Å²) in [5, 5.41) is 13.8. The number of hydrogen-bond donors (Lipinski definition) is 2. The zero-order valence-corrected chi connectivity index (χ0v) is 42.3. The molecule has 366 valence electrons. The lowest BCUT2D eigenvalue weighted by Gasteiger charge is -2.29. The van der Waals surface area contributed by atoms with Crippen LogP contribution in [-0.4, -0.2) is 68.5 Å². The maximum Gasteiger partial charge on any atom is 0.268 e. The number of hydrogen-bond acceptors (Lipinski definition) is 6. The molecule has 0 aliphatic rings. The first-order valence-electron chi connectivity index (χ1n) is 25.2. The minimum Gasteiger partial charge on any atom is -0.756 e. The fraction of sp³-hybridized carbons (Fsp3) is 0.655. The van der Waals surface area contributed by atoms with E-state index < -0.39 is 26.6 Å². The van der Waals surface area contributed by atoms with E-state index >= 15 is 0 Å². The third kappa shape index (κ3) is 47.1. The molecule has 9 heteroatoms. The number of carbonyl (C=O) groups is 1. The van der Waals surface area contributed by atoms with Crippen LogP contribution in [-0.2, 0) is 18.4 Å². The van der Waals surface area contributed by atoms with Crippen molar-refractivity contribution in [3.05, 3.63) is 109 Å². The van der Waals surface area contributed by atoms with E-state index in [9.17, 15) is 19.4 Å². The lowest BCUT2D eigenvalue weighted by Crippen LogP contribution is -2.45. The van der Waals surface area contributed by atoms with Gasteiger partial charge in [0.1, 0.15) is 13.2 Å². The molecule has 0 radical (unpaired) electrons. The van der Waals surface area contributed by atoms with Gasteiger partial charge in [0.2, 0.25) is 5.91 Å². The lowest BCUT2D eigenvalue weighted by atomic mass is 10.0. The molecule has 0 aromatic rings. The first-order chi connectivity index (χ1) is 31.0. The molecule has 0 aliphatic carbocycles. The van der Waals surface area contributed by atoms with E-state index in [1.807, 2.05) is 27.2 Å². The number of phosphoric acid groups is 1. The summed E-state index contributed by atoms with van der Waals surface area (Å²) in [5.74, 6) is -0.269. The van der Waals surface area contributed by atoms with Crippen LogP contribution in [0.2, 0.25) is 0 Å². The van der Waals surface area contributed by atoms with Gasteiger partial charge >= 0.3 is 0 Å². The fourth-order valence-corrected chi connectivity index (χ4v) is 7.23. The van der Waals surface area contributed by atoms with Gasteiger partial charge in [0.25, 0.3) is 7.82 Å². The molecule has 0 bridgehead atoms.